The van der Waals surface area contributed by atoms with Crippen molar-refractivity contribution in [2.24, 2.45) is 5.92 Å². The first-order chi connectivity index (χ1) is 7.19. The van der Waals surface area contributed by atoms with Gasteiger partial charge in [0, 0.05) is 5.92 Å². The Kier molecular flexibility index (Phi) is 2.65. The number of nitrogens with two attached hydrogens (primary N) is 1. The molecule has 1 aromatic heterocycles. The summed E-state index contributed by atoms with van der Waals surface area (Å²) >= 11 is 0. The van der Waals surface area contributed by atoms with E-state index in [0.717, 1.165) is 12.8 Å². The van der Waals surface area contributed by atoms with Gasteiger partial charge < -0.3 is 10.8 Å². The van der Waals surface area contributed by atoms with E-state index in [1.807, 2.05) is 0 Å². The second kappa shape index (κ2) is 3.81. The smallest absolute Gasteiger partial charge is 0.188 e. The molecule has 1 fully saturated rings. The molecular weight excluding hydrogens is 197 g/mol. The topological polar surface area (TPSA) is 64.1 Å². The first kappa shape index (κ1) is 10.4. The fraction of sp³-hybridized carbons (Fsp3) is 0.700. The van der Waals surface area contributed by atoms with Crippen LogP contribution < -0.4 is 5.73 Å². The lowest BCUT2D eigenvalue weighted by Gasteiger charge is -1.98. The number of aliphatic hydroxyl groups is 1. The molecule has 2 rings (SSSR count). The first-order valence-electron chi connectivity index (χ1n) is 5.31. The normalized spacial score (nSPS) is 24.5. The molecule has 4 nitrogen and oxygen atoms in total. The third-order valence-electron chi connectivity index (χ3n) is 3.07. The predicted octanol–water partition coefficient (Wildman–Crippen LogP) is 1.11. The van der Waals surface area contributed by atoms with Gasteiger partial charge in [-0.3, -0.25) is 0 Å². The van der Waals surface area contributed by atoms with E-state index >= 15 is 0 Å². The van der Waals surface area contributed by atoms with E-state index in [1.165, 1.54) is 4.68 Å². The number of rotatable bonds is 4. The molecule has 1 aliphatic rings. The molecule has 0 radical (unpaired) electrons. The van der Waals surface area contributed by atoms with Gasteiger partial charge in [-0.25, -0.2) is 9.07 Å². The van der Waals surface area contributed by atoms with Crippen molar-refractivity contribution in [2.45, 2.75) is 32.2 Å². The Morgan fingerprint density at radius 3 is 2.93 bits per heavy atom. The highest BCUT2D eigenvalue weighted by atomic mass is 19.1. The molecule has 5 heteroatoms. The number of anilines is 1. The summed E-state index contributed by atoms with van der Waals surface area (Å²) in [6, 6.07) is 0. The number of nitrogen functional groups attached to an aromatic ring is 1. The summed E-state index contributed by atoms with van der Waals surface area (Å²) in [6.45, 7) is 2.27. The van der Waals surface area contributed by atoms with Gasteiger partial charge in [-0.15, -0.1) is 0 Å². The minimum Gasteiger partial charge on any atom is -0.394 e. The van der Waals surface area contributed by atoms with Crippen molar-refractivity contribution < 1.29 is 9.50 Å². The number of halogens is 1. The second-order valence-corrected chi connectivity index (χ2v) is 4.04. The van der Waals surface area contributed by atoms with E-state index in [4.69, 9.17) is 10.8 Å². The van der Waals surface area contributed by atoms with Gasteiger partial charge in [-0.2, -0.15) is 5.10 Å². The third-order valence-corrected chi connectivity index (χ3v) is 3.07. The van der Waals surface area contributed by atoms with E-state index in [9.17, 15) is 4.39 Å². The van der Waals surface area contributed by atoms with Crippen molar-refractivity contribution in [3.63, 3.8) is 0 Å². The zero-order chi connectivity index (χ0) is 11.0. The summed E-state index contributed by atoms with van der Waals surface area (Å²) in [5.74, 6) is 0.429. The number of hydrogen-bond donors (Lipinski definition) is 2. The SMILES string of the molecule is CC[C@@H]1C[C@H]1c1nn(CCO)c(N)c1F. The first-order valence-corrected chi connectivity index (χ1v) is 5.31. The Morgan fingerprint density at radius 2 is 2.40 bits per heavy atom. The summed E-state index contributed by atoms with van der Waals surface area (Å²) in [4.78, 5) is 0. The molecule has 3 N–H and O–H groups in total. The van der Waals surface area contributed by atoms with Gasteiger partial charge in [0.05, 0.1) is 13.2 Å². The fourth-order valence-corrected chi connectivity index (χ4v) is 2.01. The highest BCUT2D eigenvalue weighted by molar-refractivity contribution is 5.37. The van der Waals surface area contributed by atoms with Crippen molar-refractivity contribution in [1.29, 1.82) is 0 Å². The minimum absolute atomic E-state index is 0.0424. The van der Waals surface area contributed by atoms with Gasteiger partial charge in [0.15, 0.2) is 11.6 Å². The van der Waals surface area contributed by atoms with Crippen LogP contribution in [0.25, 0.3) is 0 Å². The fourth-order valence-electron chi connectivity index (χ4n) is 2.01. The highest BCUT2D eigenvalue weighted by Crippen LogP contribution is 2.50. The molecule has 0 saturated heterocycles. The molecule has 1 aromatic rings. The van der Waals surface area contributed by atoms with Crippen LogP contribution in [0.2, 0.25) is 0 Å². The zero-order valence-electron chi connectivity index (χ0n) is 8.78. The van der Waals surface area contributed by atoms with E-state index < -0.39 is 5.82 Å². The van der Waals surface area contributed by atoms with Gasteiger partial charge >= 0.3 is 0 Å². The molecule has 0 spiro atoms. The van der Waals surface area contributed by atoms with Gasteiger partial charge in [-0.1, -0.05) is 13.3 Å². The van der Waals surface area contributed by atoms with Crippen LogP contribution >= 0.6 is 0 Å². The standard InChI is InChI=1S/C10H16FN3O/c1-2-6-5-7(6)9-8(11)10(12)14(13-9)3-4-15/h6-7,15H,2-5,12H2,1H3/t6-,7-/m1/s1. The number of hydrogen-bond acceptors (Lipinski definition) is 3. The Labute approximate surface area is 87.9 Å². The lowest BCUT2D eigenvalue weighted by atomic mass is 10.2. The summed E-state index contributed by atoms with van der Waals surface area (Å²) in [7, 11) is 0. The van der Waals surface area contributed by atoms with Crippen molar-refractivity contribution >= 4 is 5.82 Å². The quantitative estimate of drug-likeness (QED) is 0.787. The largest absolute Gasteiger partial charge is 0.394 e. The van der Waals surface area contributed by atoms with Gasteiger partial charge in [0.25, 0.3) is 0 Å². The Morgan fingerprint density at radius 1 is 1.67 bits per heavy atom. The zero-order valence-corrected chi connectivity index (χ0v) is 8.78. The average Bonchev–Trinajstić information content (AvgIpc) is 2.96. The van der Waals surface area contributed by atoms with Gasteiger partial charge in [-0.05, 0) is 12.3 Å². The van der Waals surface area contributed by atoms with Crippen LogP contribution in [-0.4, -0.2) is 21.5 Å². The van der Waals surface area contributed by atoms with Crippen LogP contribution in [0.5, 0.6) is 0 Å². The molecule has 0 aliphatic heterocycles. The van der Waals surface area contributed by atoms with Crippen molar-refractivity contribution in [1.82, 2.24) is 9.78 Å². The number of nitrogens with zero attached hydrogens (tertiary/aromatic N) is 2. The molecule has 0 amide bonds. The maximum atomic E-state index is 13.7. The number of aliphatic hydroxyl groups excluding tert-OH is 1. The molecule has 2 atom stereocenters. The van der Waals surface area contributed by atoms with Crippen molar-refractivity contribution in [3.8, 4) is 0 Å². The molecule has 1 heterocycles. The maximum Gasteiger partial charge on any atom is 0.188 e. The summed E-state index contributed by atoms with van der Waals surface area (Å²) < 4.78 is 15.0. The highest BCUT2D eigenvalue weighted by Gasteiger charge is 2.41. The second-order valence-electron chi connectivity index (χ2n) is 4.04. The Hall–Kier alpha value is -1.10. The van der Waals surface area contributed by atoms with Crippen LogP contribution in [0, 0.1) is 11.7 Å². The minimum atomic E-state index is -0.399. The molecule has 0 aromatic carbocycles. The van der Waals surface area contributed by atoms with Crippen LogP contribution in [-0.2, 0) is 6.54 Å². The molecule has 15 heavy (non-hydrogen) atoms. The van der Waals surface area contributed by atoms with Crippen molar-refractivity contribution in [3.05, 3.63) is 11.5 Å². The van der Waals surface area contributed by atoms with E-state index in [2.05, 4.69) is 12.0 Å². The van der Waals surface area contributed by atoms with Crippen LogP contribution in [0.4, 0.5) is 10.2 Å². The molecule has 0 bridgehead atoms. The third kappa shape index (κ3) is 1.71. The van der Waals surface area contributed by atoms with Gasteiger partial charge in [0.1, 0.15) is 5.69 Å². The van der Waals surface area contributed by atoms with E-state index in [-0.39, 0.29) is 24.9 Å². The predicted molar refractivity (Wildman–Crippen MR) is 54.8 cm³/mol. The average molecular weight is 213 g/mol. The molecule has 84 valence electrons. The summed E-state index contributed by atoms with van der Waals surface area (Å²) in [5, 5.41) is 12.9. The lowest BCUT2D eigenvalue weighted by Crippen LogP contribution is -2.08. The monoisotopic (exact) mass is 213 g/mol. The van der Waals surface area contributed by atoms with Crippen molar-refractivity contribution in [2.75, 3.05) is 12.3 Å². The lowest BCUT2D eigenvalue weighted by molar-refractivity contribution is 0.270. The van der Waals surface area contributed by atoms with E-state index in [0.29, 0.717) is 11.6 Å². The summed E-state index contributed by atoms with van der Waals surface area (Å²) in [6.07, 6.45) is 2.06. The Bertz CT molecular complexity index is 364. The van der Waals surface area contributed by atoms with Crippen LogP contribution in [0.1, 0.15) is 31.4 Å². The molecule has 0 unspecified atom stereocenters. The Balaban J connectivity index is 2.22. The molecular formula is C10H16FN3O. The van der Waals surface area contributed by atoms with Gasteiger partial charge in [0.2, 0.25) is 0 Å². The van der Waals surface area contributed by atoms with Crippen LogP contribution in [0.15, 0.2) is 0 Å². The molecule has 1 aliphatic carbocycles. The molecule has 1 saturated carbocycles. The van der Waals surface area contributed by atoms with Crippen LogP contribution in [0.3, 0.4) is 0 Å². The maximum absolute atomic E-state index is 13.7. The summed E-state index contributed by atoms with van der Waals surface area (Å²) in [5.41, 5.74) is 6.04. The number of aromatic nitrogens is 2. The van der Waals surface area contributed by atoms with E-state index in [1.54, 1.807) is 0 Å².